The van der Waals surface area contributed by atoms with Gasteiger partial charge in [-0.05, 0) is 6.07 Å². The lowest BCUT2D eigenvalue weighted by atomic mass is 10.1. The molecule has 1 aromatic rings. The van der Waals surface area contributed by atoms with Crippen molar-refractivity contribution in [2.24, 2.45) is 0 Å². The van der Waals surface area contributed by atoms with Crippen molar-refractivity contribution in [3.05, 3.63) is 33.9 Å². The first-order valence-electron chi connectivity index (χ1n) is 6.63. The van der Waals surface area contributed by atoms with E-state index in [9.17, 15) is 14.9 Å². The smallest absolute Gasteiger partial charge is 0.338 e. The second-order valence-corrected chi connectivity index (χ2v) is 5.90. The van der Waals surface area contributed by atoms with Gasteiger partial charge in [0.2, 0.25) is 0 Å². The number of non-ortho nitro benzene ring substituents is 1. The Hall–Kier alpha value is -1.80. The van der Waals surface area contributed by atoms with Crippen LogP contribution in [0, 0.1) is 10.1 Å². The zero-order valence-corrected chi connectivity index (χ0v) is 12.3. The van der Waals surface area contributed by atoms with Crippen LogP contribution in [0.5, 0.6) is 0 Å². The second kappa shape index (κ2) is 7.28. The molecule has 0 bridgehead atoms. The minimum Gasteiger partial charge on any atom is -0.478 e. The average molecular weight is 311 g/mol. The topological polar surface area (TPSA) is 95.7 Å². The molecule has 7 nitrogen and oxygen atoms in total. The molecule has 0 unspecified atom stereocenters. The predicted octanol–water partition coefficient (Wildman–Crippen LogP) is 1.75. The summed E-state index contributed by atoms with van der Waals surface area (Å²) in [6.45, 7) is 3.52. The summed E-state index contributed by atoms with van der Waals surface area (Å²) in [5.41, 5.74) is 0.129. The maximum Gasteiger partial charge on any atom is 0.338 e. The third kappa shape index (κ3) is 4.33. The third-order valence-electron chi connectivity index (χ3n) is 3.29. The van der Waals surface area contributed by atoms with Crippen molar-refractivity contribution >= 4 is 29.1 Å². The maximum atomic E-state index is 11.2. The van der Waals surface area contributed by atoms with E-state index in [1.807, 2.05) is 11.8 Å². The van der Waals surface area contributed by atoms with Gasteiger partial charge in [0.05, 0.1) is 10.5 Å². The van der Waals surface area contributed by atoms with Crippen molar-refractivity contribution in [2.75, 3.05) is 43.0 Å². The van der Waals surface area contributed by atoms with E-state index in [0.29, 0.717) is 12.2 Å². The van der Waals surface area contributed by atoms with E-state index in [0.717, 1.165) is 37.2 Å². The van der Waals surface area contributed by atoms with Gasteiger partial charge in [-0.1, -0.05) is 0 Å². The molecular formula is C13H17N3O4S. The van der Waals surface area contributed by atoms with Crippen molar-refractivity contribution in [2.45, 2.75) is 0 Å². The summed E-state index contributed by atoms with van der Waals surface area (Å²) in [6, 6.07) is 3.85. The van der Waals surface area contributed by atoms with Crippen LogP contribution >= 0.6 is 11.8 Å². The lowest BCUT2D eigenvalue weighted by Crippen LogP contribution is -2.36. The van der Waals surface area contributed by atoms with E-state index < -0.39 is 10.9 Å². The van der Waals surface area contributed by atoms with Crippen molar-refractivity contribution < 1.29 is 14.8 Å². The number of carboxylic acid groups (broad SMARTS) is 1. The SMILES string of the molecule is O=C(O)c1cc([N+](=O)[O-])ccc1NCCN1CCSCC1. The number of nitrogens with zero attached hydrogens (tertiary/aromatic N) is 2. The van der Waals surface area contributed by atoms with Gasteiger partial charge < -0.3 is 10.4 Å². The van der Waals surface area contributed by atoms with Gasteiger partial charge >= 0.3 is 5.97 Å². The Morgan fingerprint density at radius 3 is 2.76 bits per heavy atom. The summed E-state index contributed by atoms with van der Waals surface area (Å²) in [7, 11) is 0. The van der Waals surface area contributed by atoms with Crippen molar-refractivity contribution in [3.63, 3.8) is 0 Å². The summed E-state index contributed by atoms with van der Waals surface area (Å²) >= 11 is 1.94. The third-order valence-corrected chi connectivity index (χ3v) is 4.23. The molecule has 2 N–H and O–H groups in total. The first-order chi connectivity index (χ1) is 10.1. The van der Waals surface area contributed by atoms with Crippen LogP contribution in [0.3, 0.4) is 0 Å². The Bertz CT molecular complexity index is 532. The monoisotopic (exact) mass is 311 g/mol. The van der Waals surface area contributed by atoms with Crippen LogP contribution in [0.15, 0.2) is 18.2 Å². The molecule has 1 heterocycles. The van der Waals surface area contributed by atoms with Gasteiger partial charge in [-0.3, -0.25) is 15.0 Å². The fourth-order valence-electron chi connectivity index (χ4n) is 2.15. The first kappa shape index (κ1) is 15.6. The van der Waals surface area contributed by atoms with Crippen LogP contribution in [0.2, 0.25) is 0 Å². The molecule has 0 amide bonds. The van der Waals surface area contributed by atoms with Gasteiger partial charge in [0, 0.05) is 55.5 Å². The highest BCUT2D eigenvalue weighted by Crippen LogP contribution is 2.22. The van der Waals surface area contributed by atoms with Crippen LogP contribution in [0.1, 0.15) is 10.4 Å². The predicted molar refractivity (Wildman–Crippen MR) is 82.3 cm³/mol. The highest BCUT2D eigenvalue weighted by molar-refractivity contribution is 7.99. The zero-order chi connectivity index (χ0) is 15.2. The number of hydrogen-bond donors (Lipinski definition) is 2. The zero-order valence-electron chi connectivity index (χ0n) is 11.4. The minimum absolute atomic E-state index is 0.0709. The molecule has 1 aliphatic rings. The molecule has 0 atom stereocenters. The number of aromatic carboxylic acids is 1. The number of thioether (sulfide) groups is 1. The molecule has 1 aromatic carbocycles. The standard InChI is InChI=1S/C13H17N3O4S/c17-13(18)11-9-10(16(19)20)1-2-12(11)14-3-4-15-5-7-21-8-6-15/h1-2,9,14H,3-8H2,(H,17,18). The van der Waals surface area contributed by atoms with Crippen molar-refractivity contribution in [3.8, 4) is 0 Å². The summed E-state index contributed by atoms with van der Waals surface area (Å²) < 4.78 is 0. The van der Waals surface area contributed by atoms with E-state index in [4.69, 9.17) is 5.11 Å². The quantitative estimate of drug-likeness (QED) is 0.610. The Morgan fingerprint density at radius 1 is 1.43 bits per heavy atom. The molecule has 8 heteroatoms. The van der Waals surface area contributed by atoms with Crippen LogP contribution in [0.4, 0.5) is 11.4 Å². The van der Waals surface area contributed by atoms with Gasteiger partial charge in [-0.15, -0.1) is 0 Å². The lowest BCUT2D eigenvalue weighted by Gasteiger charge is -2.26. The Balaban J connectivity index is 1.98. The minimum atomic E-state index is -1.17. The second-order valence-electron chi connectivity index (χ2n) is 4.67. The van der Waals surface area contributed by atoms with E-state index in [2.05, 4.69) is 10.2 Å². The van der Waals surface area contributed by atoms with Crippen molar-refractivity contribution in [1.29, 1.82) is 0 Å². The van der Waals surface area contributed by atoms with E-state index in [1.54, 1.807) is 0 Å². The van der Waals surface area contributed by atoms with Crippen LogP contribution in [0.25, 0.3) is 0 Å². The first-order valence-corrected chi connectivity index (χ1v) is 7.79. The molecule has 0 spiro atoms. The van der Waals surface area contributed by atoms with E-state index >= 15 is 0 Å². The Labute approximate surface area is 126 Å². The number of carbonyl (C=O) groups is 1. The van der Waals surface area contributed by atoms with E-state index in [1.165, 1.54) is 12.1 Å². The fraction of sp³-hybridized carbons (Fsp3) is 0.462. The molecule has 0 aliphatic carbocycles. The molecule has 21 heavy (non-hydrogen) atoms. The summed E-state index contributed by atoms with van der Waals surface area (Å²) in [4.78, 5) is 23.6. The Kier molecular flexibility index (Phi) is 5.40. The highest BCUT2D eigenvalue weighted by atomic mass is 32.2. The number of rotatable bonds is 6. The van der Waals surface area contributed by atoms with Crippen LogP contribution in [-0.2, 0) is 0 Å². The Morgan fingerprint density at radius 2 is 2.14 bits per heavy atom. The molecule has 1 saturated heterocycles. The number of nitrogens with one attached hydrogen (secondary N) is 1. The lowest BCUT2D eigenvalue weighted by molar-refractivity contribution is -0.384. The summed E-state index contributed by atoms with van der Waals surface area (Å²) in [5.74, 6) is 1.08. The molecule has 0 radical (unpaired) electrons. The molecule has 1 fully saturated rings. The summed E-state index contributed by atoms with van der Waals surface area (Å²) in [5, 5.41) is 22.9. The molecule has 114 valence electrons. The van der Waals surface area contributed by atoms with Gasteiger partial charge in [0.25, 0.3) is 5.69 Å². The number of nitro groups is 1. The average Bonchev–Trinajstić information content (AvgIpc) is 2.48. The number of nitro benzene ring substituents is 1. The molecular weight excluding hydrogens is 294 g/mol. The number of carboxylic acids is 1. The van der Waals surface area contributed by atoms with Crippen LogP contribution < -0.4 is 5.32 Å². The number of benzene rings is 1. The number of hydrogen-bond acceptors (Lipinski definition) is 6. The fourth-order valence-corrected chi connectivity index (χ4v) is 3.13. The van der Waals surface area contributed by atoms with Gasteiger partial charge in [0.1, 0.15) is 0 Å². The van der Waals surface area contributed by atoms with Gasteiger partial charge in [-0.2, -0.15) is 11.8 Å². The van der Waals surface area contributed by atoms with Crippen molar-refractivity contribution in [1.82, 2.24) is 4.90 Å². The largest absolute Gasteiger partial charge is 0.478 e. The van der Waals surface area contributed by atoms with E-state index in [-0.39, 0.29) is 11.3 Å². The molecule has 0 saturated carbocycles. The molecule has 1 aliphatic heterocycles. The molecule has 2 rings (SSSR count). The number of anilines is 1. The van der Waals surface area contributed by atoms with Gasteiger partial charge in [-0.25, -0.2) is 4.79 Å². The van der Waals surface area contributed by atoms with Crippen LogP contribution in [-0.4, -0.2) is 58.6 Å². The molecule has 0 aromatic heterocycles. The highest BCUT2D eigenvalue weighted by Gasteiger charge is 2.16. The maximum absolute atomic E-state index is 11.2. The summed E-state index contributed by atoms with van der Waals surface area (Å²) in [6.07, 6.45) is 0. The normalized spacial score (nSPS) is 15.6. The van der Waals surface area contributed by atoms with Gasteiger partial charge in [0.15, 0.2) is 0 Å².